The van der Waals surface area contributed by atoms with E-state index in [2.05, 4.69) is 30.5 Å². The number of hydrogen-bond acceptors (Lipinski definition) is 7. The van der Waals surface area contributed by atoms with Crippen LogP contribution >= 0.6 is 0 Å². The van der Waals surface area contributed by atoms with Gasteiger partial charge in [0, 0.05) is 35.9 Å². The summed E-state index contributed by atoms with van der Waals surface area (Å²) in [7, 11) is -4.07. The molecule has 0 saturated heterocycles. The quantitative estimate of drug-likeness (QED) is 0.177. The fraction of sp³-hybridized carbons (Fsp3) is 0.200. The third-order valence-corrected chi connectivity index (χ3v) is 7.07. The van der Waals surface area contributed by atoms with Gasteiger partial charge in [0.1, 0.15) is 11.9 Å². The van der Waals surface area contributed by atoms with Crippen LogP contribution in [0.4, 0.5) is 5.82 Å². The zero-order valence-corrected chi connectivity index (χ0v) is 20.5. The molecule has 192 valence electrons. The molecule has 0 bridgehead atoms. The number of aryl methyl sites for hydroxylation is 1. The number of nitrogens with one attached hydrogen (secondary N) is 4. The van der Waals surface area contributed by atoms with E-state index in [4.69, 9.17) is 0 Å². The summed E-state index contributed by atoms with van der Waals surface area (Å²) in [5.74, 6) is -1.15. The number of H-pyrrole nitrogens is 1. The van der Waals surface area contributed by atoms with Gasteiger partial charge in [0.05, 0.1) is 10.4 Å². The lowest BCUT2D eigenvalue weighted by molar-refractivity contribution is -0.138. The van der Waals surface area contributed by atoms with Gasteiger partial charge in [0.25, 0.3) is 5.91 Å². The summed E-state index contributed by atoms with van der Waals surface area (Å²) < 4.78 is 27.1. The molecule has 5 N–H and O–H groups in total. The highest BCUT2D eigenvalue weighted by molar-refractivity contribution is 7.89. The molecule has 2 aromatic heterocycles. The van der Waals surface area contributed by atoms with Gasteiger partial charge >= 0.3 is 5.97 Å². The first kappa shape index (κ1) is 25.8. The van der Waals surface area contributed by atoms with Gasteiger partial charge in [0.2, 0.25) is 10.0 Å². The van der Waals surface area contributed by atoms with Crippen molar-refractivity contribution in [2.75, 3.05) is 18.4 Å². The predicted molar refractivity (Wildman–Crippen MR) is 138 cm³/mol. The van der Waals surface area contributed by atoms with Crippen LogP contribution in [0.15, 0.2) is 77.8 Å². The molecule has 0 saturated carbocycles. The molecule has 4 rings (SSSR count). The normalized spacial score (nSPS) is 12.2. The third-order valence-electron chi connectivity index (χ3n) is 5.59. The van der Waals surface area contributed by atoms with Gasteiger partial charge in [-0.25, -0.2) is 13.4 Å². The van der Waals surface area contributed by atoms with E-state index >= 15 is 0 Å². The van der Waals surface area contributed by atoms with Crippen molar-refractivity contribution in [2.24, 2.45) is 0 Å². The average Bonchev–Trinajstić information content (AvgIpc) is 3.32. The van der Waals surface area contributed by atoms with Crippen LogP contribution in [0.3, 0.4) is 0 Å². The van der Waals surface area contributed by atoms with Crippen molar-refractivity contribution in [1.29, 1.82) is 0 Å². The Hall–Kier alpha value is -4.29. The van der Waals surface area contributed by atoms with Gasteiger partial charge in [-0.05, 0) is 49.2 Å². The monoisotopic (exact) mass is 522 g/mol. The number of aromatic amines is 1. The number of hydrogen-bond donors (Lipinski definition) is 5. The number of carbonyl (C=O) groups excluding carboxylic acids is 1. The number of pyridine rings is 1. The molecule has 2 aromatic carbocycles. The van der Waals surface area contributed by atoms with Crippen molar-refractivity contribution in [3.8, 4) is 0 Å². The molecule has 37 heavy (non-hydrogen) atoms. The first-order valence-electron chi connectivity index (χ1n) is 11.5. The van der Waals surface area contributed by atoms with E-state index in [1.54, 1.807) is 30.5 Å². The van der Waals surface area contributed by atoms with Crippen LogP contribution in [0, 0.1) is 0 Å². The minimum atomic E-state index is -4.07. The number of carboxylic acids is 1. The van der Waals surface area contributed by atoms with E-state index in [1.165, 1.54) is 24.3 Å². The molecule has 0 radical (unpaired) electrons. The smallest absolute Gasteiger partial charge is 0.323 e. The highest BCUT2D eigenvalue weighted by atomic mass is 32.2. The molecule has 0 aliphatic carbocycles. The highest BCUT2D eigenvalue weighted by Gasteiger charge is 2.26. The second-order valence-electron chi connectivity index (χ2n) is 8.21. The molecular formula is C25H26N6O5S. The summed E-state index contributed by atoms with van der Waals surface area (Å²) in [6.45, 7) is 0.296. The Bertz CT molecular complexity index is 1480. The van der Waals surface area contributed by atoms with E-state index < -0.39 is 34.5 Å². The number of anilines is 1. The number of amides is 1. The van der Waals surface area contributed by atoms with E-state index in [9.17, 15) is 23.1 Å². The van der Waals surface area contributed by atoms with Gasteiger partial charge in [0.15, 0.2) is 0 Å². The number of aromatic nitrogens is 3. The van der Waals surface area contributed by atoms with Crippen LogP contribution in [-0.4, -0.2) is 59.7 Å². The van der Waals surface area contributed by atoms with Crippen molar-refractivity contribution in [2.45, 2.75) is 23.8 Å². The summed E-state index contributed by atoms with van der Waals surface area (Å²) in [5.41, 5.74) is 1.81. The first-order valence-corrected chi connectivity index (χ1v) is 13.0. The topological polar surface area (TPSA) is 166 Å². The maximum Gasteiger partial charge on any atom is 0.323 e. The standard InChI is InChI=1S/C25H26N6O5S/c32-24(28-16-22(25(33)34)31-37(35,36)18-7-2-1-3-8-18)17-11-12-19-20(29-30-21(19)15-17)9-6-14-27-23-10-4-5-13-26-23/h1-5,7-8,10-13,15,22,31H,6,9,14,16H2,(H,26,27)(H,28,32)(H,29,30)(H,33,34). The maximum absolute atomic E-state index is 12.7. The van der Waals surface area contributed by atoms with Crippen LogP contribution in [0.5, 0.6) is 0 Å². The van der Waals surface area contributed by atoms with Crippen molar-refractivity contribution in [3.05, 3.63) is 84.2 Å². The summed E-state index contributed by atoms with van der Waals surface area (Å²) in [5, 5.41) is 23.4. The molecular weight excluding hydrogens is 496 g/mol. The van der Waals surface area contributed by atoms with Crippen molar-refractivity contribution < 1.29 is 23.1 Å². The van der Waals surface area contributed by atoms with E-state index in [1.807, 2.05) is 18.2 Å². The van der Waals surface area contributed by atoms with Crippen LogP contribution in [0.25, 0.3) is 10.9 Å². The lowest BCUT2D eigenvalue weighted by Gasteiger charge is -2.15. The van der Waals surface area contributed by atoms with Crippen LogP contribution < -0.4 is 15.4 Å². The maximum atomic E-state index is 12.7. The summed E-state index contributed by atoms with van der Waals surface area (Å²) in [6.07, 6.45) is 3.30. The number of benzene rings is 2. The summed E-state index contributed by atoms with van der Waals surface area (Å²) in [6, 6.07) is 16.5. The molecule has 0 fully saturated rings. The molecule has 2 heterocycles. The van der Waals surface area contributed by atoms with Crippen molar-refractivity contribution in [1.82, 2.24) is 25.2 Å². The van der Waals surface area contributed by atoms with Gasteiger partial charge in [-0.15, -0.1) is 0 Å². The Balaban J connectivity index is 1.34. The fourth-order valence-corrected chi connectivity index (χ4v) is 4.89. The molecule has 0 spiro atoms. The lowest BCUT2D eigenvalue weighted by Crippen LogP contribution is -2.48. The Morgan fingerprint density at radius 1 is 1.03 bits per heavy atom. The summed E-state index contributed by atoms with van der Waals surface area (Å²) >= 11 is 0. The minimum absolute atomic E-state index is 0.0696. The Morgan fingerprint density at radius 2 is 1.81 bits per heavy atom. The Morgan fingerprint density at radius 3 is 2.54 bits per heavy atom. The van der Waals surface area contributed by atoms with Crippen molar-refractivity contribution in [3.63, 3.8) is 0 Å². The van der Waals surface area contributed by atoms with Gasteiger partial charge in [-0.3, -0.25) is 14.7 Å². The zero-order chi connectivity index (χ0) is 26.3. The van der Waals surface area contributed by atoms with Crippen LogP contribution in [-0.2, 0) is 21.2 Å². The molecule has 0 aliphatic heterocycles. The van der Waals surface area contributed by atoms with E-state index in [0.717, 1.165) is 36.3 Å². The van der Waals surface area contributed by atoms with Crippen molar-refractivity contribution >= 4 is 38.6 Å². The Labute approximate surface area is 213 Å². The number of fused-ring (bicyclic) bond motifs is 1. The van der Waals surface area contributed by atoms with Gasteiger partial charge in [-0.1, -0.05) is 30.3 Å². The van der Waals surface area contributed by atoms with Crippen LogP contribution in [0.1, 0.15) is 22.5 Å². The molecule has 11 nitrogen and oxygen atoms in total. The van der Waals surface area contributed by atoms with Gasteiger partial charge < -0.3 is 15.7 Å². The first-order chi connectivity index (χ1) is 17.8. The number of carboxylic acid groups (broad SMARTS) is 1. The molecule has 12 heteroatoms. The number of carbonyl (C=O) groups is 2. The zero-order valence-electron chi connectivity index (χ0n) is 19.7. The molecule has 1 amide bonds. The van der Waals surface area contributed by atoms with E-state index in [0.29, 0.717) is 5.52 Å². The molecule has 1 unspecified atom stereocenters. The van der Waals surface area contributed by atoms with Gasteiger partial charge in [-0.2, -0.15) is 9.82 Å². The number of aliphatic carboxylic acids is 1. The fourth-order valence-electron chi connectivity index (χ4n) is 3.68. The number of sulfonamides is 1. The number of rotatable bonds is 12. The lowest BCUT2D eigenvalue weighted by atomic mass is 10.1. The Kier molecular flexibility index (Phi) is 8.11. The molecule has 4 aromatic rings. The molecule has 0 aliphatic rings. The summed E-state index contributed by atoms with van der Waals surface area (Å²) in [4.78, 5) is 28.4. The second kappa shape index (κ2) is 11.6. The highest BCUT2D eigenvalue weighted by Crippen LogP contribution is 2.19. The average molecular weight is 523 g/mol. The second-order valence-corrected chi connectivity index (χ2v) is 9.93. The van der Waals surface area contributed by atoms with E-state index in [-0.39, 0.29) is 10.5 Å². The number of nitrogens with zero attached hydrogens (tertiary/aromatic N) is 2. The third kappa shape index (κ3) is 6.68. The SMILES string of the molecule is O=C(NCC(NS(=O)(=O)c1ccccc1)C(=O)O)c1ccc2c(CCCNc3ccccn3)[nH]nc2c1. The minimum Gasteiger partial charge on any atom is -0.480 e. The molecule has 1 atom stereocenters. The largest absolute Gasteiger partial charge is 0.480 e. The predicted octanol–water partition coefficient (Wildman–Crippen LogP) is 2.16. The van der Waals surface area contributed by atoms with Crippen LogP contribution in [0.2, 0.25) is 0 Å².